The molecule has 1 saturated heterocycles. The zero-order valence-electron chi connectivity index (χ0n) is 10.6. The van der Waals surface area contributed by atoms with E-state index in [0.29, 0.717) is 15.2 Å². The third-order valence-electron chi connectivity index (χ3n) is 3.00. The van der Waals surface area contributed by atoms with Crippen molar-refractivity contribution in [3.8, 4) is 0 Å². The predicted octanol–water partition coefficient (Wildman–Crippen LogP) is 3.85. The molecule has 1 aliphatic heterocycles. The summed E-state index contributed by atoms with van der Waals surface area (Å²) in [5.41, 5.74) is 0.773. The van der Waals surface area contributed by atoms with Gasteiger partial charge in [-0.3, -0.25) is 0 Å². The van der Waals surface area contributed by atoms with Crippen LogP contribution in [0.2, 0.25) is 10.0 Å². The first-order valence-corrected chi connectivity index (χ1v) is 7.36. The first kappa shape index (κ1) is 14.9. The summed E-state index contributed by atoms with van der Waals surface area (Å²) < 4.78 is 5.61. The number of hydrogen-bond donors (Lipinski definition) is 2. The van der Waals surface area contributed by atoms with Crippen LogP contribution in [-0.4, -0.2) is 23.9 Å². The number of hydrogen-bond acceptors (Lipinski definition) is 2. The number of thiocarbonyl (C=S) groups is 1. The maximum absolute atomic E-state index is 5.93. The summed E-state index contributed by atoms with van der Waals surface area (Å²) in [5, 5.41) is 7.98. The molecule has 2 rings (SSSR count). The number of anilines is 1. The van der Waals surface area contributed by atoms with Crippen molar-refractivity contribution in [2.45, 2.75) is 31.9 Å². The first-order chi connectivity index (χ1) is 9.04. The fourth-order valence-electron chi connectivity index (χ4n) is 2.09. The minimum Gasteiger partial charge on any atom is -0.376 e. The quantitative estimate of drug-likeness (QED) is 0.829. The Morgan fingerprint density at radius 1 is 1.37 bits per heavy atom. The molecular formula is C13H16Cl2N2OS. The Bertz CT molecular complexity index is 444. The molecule has 0 aliphatic carbocycles. The zero-order valence-corrected chi connectivity index (χ0v) is 12.9. The van der Waals surface area contributed by atoms with Crippen LogP contribution in [0.5, 0.6) is 0 Å². The van der Waals surface area contributed by atoms with E-state index in [-0.39, 0.29) is 12.1 Å². The molecule has 104 valence electrons. The van der Waals surface area contributed by atoms with Crippen molar-refractivity contribution >= 4 is 46.2 Å². The fourth-order valence-corrected chi connectivity index (χ4v) is 2.92. The van der Waals surface area contributed by atoms with Crippen molar-refractivity contribution < 1.29 is 4.74 Å². The Balaban J connectivity index is 1.89. The maximum atomic E-state index is 5.93. The topological polar surface area (TPSA) is 33.3 Å². The molecule has 0 amide bonds. The van der Waals surface area contributed by atoms with E-state index in [1.165, 1.54) is 0 Å². The van der Waals surface area contributed by atoms with E-state index in [1.54, 1.807) is 18.2 Å². The van der Waals surface area contributed by atoms with Crippen LogP contribution in [0.3, 0.4) is 0 Å². The minimum atomic E-state index is 0.178. The van der Waals surface area contributed by atoms with Crippen LogP contribution < -0.4 is 10.6 Å². The van der Waals surface area contributed by atoms with Gasteiger partial charge in [-0.05, 0) is 50.2 Å². The van der Waals surface area contributed by atoms with Gasteiger partial charge in [0.05, 0.1) is 12.1 Å². The highest BCUT2D eigenvalue weighted by atomic mass is 35.5. The summed E-state index contributed by atoms with van der Waals surface area (Å²) in [6, 6.07) is 5.41. The zero-order chi connectivity index (χ0) is 13.8. The van der Waals surface area contributed by atoms with Crippen LogP contribution in [0.4, 0.5) is 5.69 Å². The monoisotopic (exact) mass is 318 g/mol. The van der Waals surface area contributed by atoms with E-state index < -0.39 is 0 Å². The number of halogens is 2. The van der Waals surface area contributed by atoms with E-state index in [4.69, 9.17) is 40.2 Å². The summed E-state index contributed by atoms with van der Waals surface area (Å²) in [5.74, 6) is 0. The molecule has 0 saturated carbocycles. The van der Waals surface area contributed by atoms with Gasteiger partial charge in [0.2, 0.25) is 0 Å². The van der Waals surface area contributed by atoms with Crippen LogP contribution in [0.25, 0.3) is 0 Å². The van der Waals surface area contributed by atoms with Crippen molar-refractivity contribution in [3.63, 3.8) is 0 Å². The van der Waals surface area contributed by atoms with Crippen molar-refractivity contribution in [2.75, 3.05) is 11.9 Å². The molecule has 0 spiro atoms. The Morgan fingerprint density at radius 3 is 2.63 bits per heavy atom. The van der Waals surface area contributed by atoms with Crippen molar-refractivity contribution in [3.05, 3.63) is 28.2 Å². The van der Waals surface area contributed by atoms with Crippen LogP contribution >= 0.6 is 35.4 Å². The average molecular weight is 319 g/mol. The lowest BCUT2D eigenvalue weighted by molar-refractivity contribution is 0.0895. The van der Waals surface area contributed by atoms with Crippen LogP contribution in [-0.2, 0) is 4.74 Å². The maximum Gasteiger partial charge on any atom is 0.171 e. The summed E-state index contributed by atoms with van der Waals surface area (Å²) in [7, 11) is 0. The second-order valence-corrected chi connectivity index (χ2v) is 5.88. The van der Waals surface area contributed by atoms with Crippen molar-refractivity contribution in [1.82, 2.24) is 5.32 Å². The molecule has 6 heteroatoms. The molecule has 2 N–H and O–H groups in total. The summed E-state index contributed by atoms with van der Waals surface area (Å²) in [6.45, 7) is 2.90. The lowest BCUT2D eigenvalue weighted by Crippen LogP contribution is -2.42. The highest BCUT2D eigenvalue weighted by molar-refractivity contribution is 7.80. The number of ether oxygens (including phenoxy) is 1. The van der Waals surface area contributed by atoms with Crippen LogP contribution in [0, 0.1) is 0 Å². The fraction of sp³-hybridized carbons (Fsp3) is 0.462. The largest absolute Gasteiger partial charge is 0.376 e. The number of nitrogens with one attached hydrogen (secondary N) is 2. The summed E-state index contributed by atoms with van der Waals surface area (Å²) in [6.07, 6.45) is 2.41. The third kappa shape index (κ3) is 4.49. The molecule has 1 heterocycles. The van der Waals surface area contributed by atoms with Gasteiger partial charge in [-0.15, -0.1) is 0 Å². The van der Waals surface area contributed by atoms with E-state index in [1.807, 2.05) is 0 Å². The SMILES string of the molecule is CC(NC(=S)Nc1cc(Cl)cc(Cl)c1)C1CCCO1. The number of benzene rings is 1. The lowest BCUT2D eigenvalue weighted by atomic mass is 10.1. The van der Waals surface area contributed by atoms with E-state index in [0.717, 1.165) is 25.1 Å². The van der Waals surface area contributed by atoms with Gasteiger partial charge in [0.1, 0.15) is 0 Å². The molecule has 1 aromatic carbocycles. The molecular weight excluding hydrogens is 303 g/mol. The Kier molecular flexibility index (Phi) is 5.28. The van der Waals surface area contributed by atoms with Gasteiger partial charge >= 0.3 is 0 Å². The molecule has 1 aromatic rings. The summed E-state index contributed by atoms with van der Waals surface area (Å²) >= 11 is 17.1. The summed E-state index contributed by atoms with van der Waals surface area (Å²) in [4.78, 5) is 0. The second kappa shape index (κ2) is 6.75. The molecule has 19 heavy (non-hydrogen) atoms. The highest BCUT2D eigenvalue weighted by Gasteiger charge is 2.22. The normalized spacial score (nSPS) is 20.1. The standard InChI is InChI=1S/C13H16Cl2N2OS/c1-8(12-3-2-4-18-12)16-13(19)17-11-6-9(14)5-10(15)7-11/h5-8,12H,2-4H2,1H3,(H2,16,17,19). The Morgan fingerprint density at radius 2 is 2.05 bits per heavy atom. The van der Waals surface area contributed by atoms with E-state index >= 15 is 0 Å². The van der Waals surface area contributed by atoms with Gasteiger partial charge in [-0.25, -0.2) is 0 Å². The first-order valence-electron chi connectivity index (χ1n) is 6.20. The molecule has 0 aromatic heterocycles. The molecule has 1 aliphatic rings. The number of rotatable bonds is 3. The smallest absolute Gasteiger partial charge is 0.171 e. The van der Waals surface area contributed by atoms with Gasteiger partial charge in [0.15, 0.2) is 5.11 Å². The van der Waals surface area contributed by atoms with Crippen molar-refractivity contribution in [2.24, 2.45) is 0 Å². The van der Waals surface area contributed by atoms with Crippen LogP contribution in [0.1, 0.15) is 19.8 Å². The van der Waals surface area contributed by atoms with Crippen LogP contribution in [0.15, 0.2) is 18.2 Å². The van der Waals surface area contributed by atoms with Gasteiger partial charge in [-0.2, -0.15) is 0 Å². The van der Waals surface area contributed by atoms with Gasteiger partial charge in [-0.1, -0.05) is 23.2 Å². The van der Waals surface area contributed by atoms with Crippen molar-refractivity contribution in [1.29, 1.82) is 0 Å². The highest BCUT2D eigenvalue weighted by Crippen LogP contribution is 2.22. The van der Waals surface area contributed by atoms with E-state index in [9.17, 15) is 0 Å². The van der Waals surface area contributed by atoms with Gasteiger partial charge in [0, 0.05) is 22.3 Å². The lowest BCUT2D eigenvalue weighted by Gasteiger charge is -2.22. The molecule has 0 bridgehead atoms. The molecule has 3 nitrogen and oxygen atoms in total. The molecule has 2 unspecified atom stereocenters. The Labute approximate surface area is 128 Å². The van der Waals surface area contributed by atoms with Gasteiger partial charge in [0.25, 0.3) is 0 Å². The van der Waals surface area contributed by atoms with E-state index in [2.05, 4.69) is 17.6 Å². The third-order valence-corrected chi connectivity index (χ3v) is 3.66. The Hall–Kier alpha value is -0.550. The molecule has 2 atom stereocenters. The average Bonchev–Trinajstić information content (AvgIpc) is 2.80. The van der Waals surface area contributed by atoms with Gasteiger partial charge < -0.3 is 15.4 Å². The molecule has 1 fully saturated rings. The minimum absolute atomic E-state index is 0.178. The predicted molar refractivity (Wildman–Crippen MR) is 84.3 cm³/mol. The molecule has 0 radical (unpaired) electrons. The second-order valence-electron chi connectivity index (χ2n) is 4.60.